The molecule has 25 heavy (non-hydrogen) atoms. The van der Waals surface area contributed by atoms with Gasteiger partial charge < -0.3 is 14.8 Å². The largest absolute Gasteiger partial charge is 0.488 e. The number of nitrogens with zero attached hydrogens (tertiary/aromatic N) is 1. The second-order valence-electron chi connectivity index (χ2n) is 5.36. The lowest BCUT2D eigenvalue weighted by Gasteiger charge is -2.15. The van der Waals surface area contributed by atoms with E-state index in [0.717, 1.165) is 5.56 Å². The molecule has 1 N–H and O–H groups in total. The van der Waals surface area contributed by atoms with Crippen LogP contribution in [-0.2, 0) is 4.74 Å². The Morgan fingerprint density at radius 3 is 2.80 bits per heavy atom. The molecule has 0 aromatic heterocycles. The Morgan fingerprint density at radius 2 is 2.04 bits per heavy atom. The van der Waals surface area contributed by atoms with E-state index in [-0.39, 0.29) is 12.4 Å². The molecule has 7 heteroatoms. The van der Waals surface area contributed by atoms with Crippen molar-refractivity contribution in [2.75, 3.05) is 32.2 Å². The van der Waals surface area contributed by atoms with E-state index in [4.69, 9.17) is 33.3 Å². The van der Waals surface area contributed by atoms with E-state index < -0.39 is 5.82 Å². The van der Waals surface area contributed by atoms with Crippen molar-refractivity contribution < 1.29 is 13.9 Å². The zero-order chi connectivity index (χ0) is 17.8. The molecule has 0 saturated carbocycles. The molecule has 4 nitrogen and oxygen atoms in total. The number of benzene rings is 2. The Morgan fingerprint density at radius 1 is 1.24 bits per heavy atom. The molecular formula is C18H16ClFN2O2S. The van der Waals surface area contributed by atoms with Crippen LogP contribution in [0.1, 0.15) is 11.1 Å². The zero-order valence-electron chi connectivity index (χ0n) is 13.5. The molecule has 0 bridgehead atoms. The Balaban J connectivity index is 2.06. The molecule has 1 aliphatic heterocycles. The molecule has 0 unspecified atom stereocenters. The van der Waals surface area contributed by atoms with Gasteiger partial charge >= 0.3 is 0 Å². The smallest absolute Gasteiger partial charge is 0.165 e. The number of rotatable bonds is 5. The van der Waals surface area contributed by atoms with Crippen LogP contribution in [0.25, 0.3) is 0 Å². The number of methoxy groups -OCH3 is 1. The van der Waals surface area contributed by atoms with Crippen molar-refractivity contribution in [2.24, 2.45) is 4.99 Å². The highest BCUT2D eigenvalue weighted by Crippen LogP contribution is 2.31. The minimum absolute atomic E-state index is 0.131. The third-order valence-corrected chi connectivity index (χ3v) is 4.22. The average molecular weight is 379 g/mol. The van der Waals surface area contributed by atoms with Crippen LogP contribution in [0.5, 0.6) is 5.75 Å². The van der Waals surface area contributed by atoms with Crippen molar-refractivity contribution in [1.29, 1.82) is 0 Å². The van der Waals surface area contributed by atoms with E-state index in [1.807, 2.05) is 18.2 Å². The van der Waals surface area contributed by atoms with Gasteiger partial charge in [-0.15, -0.1) is 0 Å². The summed E-state index contributed by atoms with van der Waals surface area (Å²) in [5, 5.41) is 3.64. The maximum atomic E-state index is 14.5. The topological polar surface area (TPSA) is 42.9 Å². The van der Waals surface area contributed by atoms with Crippen molar-refractivity contribution in [2.45, 2.75) is 0 Å². The first-order chi connectivity index (χ1) is 12.1. The summed E-state index contributed by atoms with van der Waals surface area (Å²) in [5.41, 5.74) is 2.54. The first-order valence-corrected chi connectivity index (χ1v) is 8.43. The average Bonchev–Trinajstić information content (AvgIpc) is 2.74. The fourth-order valence-electron chi connectivity index (χ4n) is 2.51. The summed E-state index contributed by atoms with van der Waals surface area (Å²) in [7, 11) is 1.56. The van der Waals surface area contributed by atoms with Gasteiger partial charge in [0.2, 0.25) is 0 Å². The molecule has 130 valence electrons. The molecule has 2 aromatic rings. The number of nitrogens with one attached hydrogen (secondary N) is 1. The Bertz CT molecular complexity index is 842. The SMILES string of the molecule is COCCOc1cc2c(cc1F)C(c1ccccc1Cl)=NCC(=S)N2. The van der Waals surface area contributed by atoms with Gasteiger partial charge in [-0.1, -0.05) is 42.0 Å². The fourth-order valence-corrected chi connectivity index (χ4v) is 2.91. The zero-order valence-corrected chi connectivity index (χ0v) is 15.1. The standard InChI is InChI=1S/C18H16ClFN2O2S/c1-23-6-7-24-16-9-15-12(8-14(16)20)18(21-10-17(25)22-15)11-4-2-3-5-13(11)19/h2-5,8-9H,6-7,10H2,1H3,(H,22,25). The minimum atomic E-state index is -0.482. The number of aliphatic imine (C=N–C) groups is 1. The molecule has 2 aromatic carbocycles. The number of benzodiazepines with no additional fused rings is 1. The van der Waals surface area contributed by atoms with Gasteiger partial charge in [-0.3, -0.25) is 4.99 Å². The second kappa shape index (κ2) is 7.91. The summed E-state index contributed by atoms with van der Waals surface area (Å²) >= 11 is 11.6. The predicted octanol–water partition coefficient (Wildman–Crippen LogP) is 4.09. The van der Waals surface area contributed by atoms with Gasteiger partial charge in [-0.2, -0.15) is 0 Å². The summed E-state index contributed by atoms with van der Waals surface area (Å²) in [6.45, 7) is 0.920. The molecule has 0 atom stereocenters. The van der Waals surface area contributed by atoms with E-state index >= 15 is 0 Å². The van der Waals surface area contributed by atoms with Crippen LogP contribution >= 0.6 is 23.8 Å². The van der Waals surface area contributed by atoms with Crippen molar-refractivity contribution in [3.63, 3.8) is 0 Å². The van der Waals surface area contributed by atoms with E-state index in [0.29, 0.717) is 40.1 Å². The number of anilines is 1. The number of ether oxygens (including phenoxy) is 2. The van der Waals surface area contributed by atoms with E-state index in [1.165, 1.54) is 6.07 Å². The number of thiocarbonyl (C=S) groups is 1. The van der Waals surface area contributed by atoms with E-state index in [1.54, 1.807) is 19.2 Å². The molecular weight excluding hydrogens is 363 g/mol. The van der Waals surface area contributed by atoms with Crippen molar-refractivity contribution >= 4 is 40.2 Å². The quantitative estimate of drug-likeness (QED) is 0.628. The molecule has 0 aliphatic carbocycles. The molecule has 0 radical (unpaired) electrons. The number of fused-ring (bicyclic) bond motifs is 1. The van der Waals surface area contributed by atoms with Crippen LogP contribution < -0.4 is 10.1 Å². The lowest BCUT2D eigenvalue weighted by molar-refractivity contribution is 0.144. The molecule has 3 rings (SSSR count). The summed E-state index contributed by atoms with van der Waals surface area (Å²) in [6, 6.07) is 10.3. The Hall–Kier alpha value is -2.02. The maximum Gasteiger partial charge on any atom is 0.165 e. The van der Waals surface area contributed by atoms with Gasteiger partial charge in [0.1, 0.15) is 11.6 Å². The van der Waals surface area contributed by atoms with Gasteiger partial charge in [-0.25, -0.2) is 4.39 Å². The summed E-state index contributed by atoms with van der Waals surface area (Å²) < 4.78 is 24.9. The van der Waals surface area contributed by atoms with Gasteiger partial charge in [0.25, 0.3) is 0 Å². The summed E-state index contributed by atoms with van der Waals surface area (Å²) in [6.07, 6.45) is 0. The van der Waals surface area contributed by atoms with E-state index in [2.05, 4.69) is 10.3 Å². The van der Waals surface area contributed by atoms with Crippen LogP contribution in [-0.4, -0.2) is 37.6 Å². The van der Waals surface area contributed by atoms with Gasteiger partial charge in [0.05, 0.1) is 24.6 Å². The third kappa shape index (κ3) is 3.98. The fraction of sp³-hybridized carbons (Fsp3) is 0.222. The molecule has 1 aliphatic rings. The highest BCUT2D eigenvalue weighted by molar-refractivity contribution is 7.80. The number of halogens is 2. The maximum absolute atomic E-state index is 14.5. The van der Waals surface area contributed by atoms with Crippen LogP contribution in [0, 0.1) is 5.82 Å². The Kier molecular flexibility index (Phi) is 5.63. The van der Waals surface area contributed by atoms with Crippen molar-refractivity contribution in [1.82, 2.24) is 0 Å². The summed E-state index contributed by atoms with van der Waals surface area (Å²) in [5.74, 6) is -0.351. The Labute approximate surface area is 155 Å². The van der Waals surface area contributed by atoms with Gasteiger partial charge in [-0.05, 0) is 12.1 Å². The van der Waals surface area contributed by atoms with Gasteiger partial charge in [0.15, 0.2) is 11.6 Å². The second-order valence-corrected chi connectivity index (χ2v) is 6.26. The number of hydrogen-bond acceptors (Lipinski definition) is 4. The molecule has 1 heterocycles. The molecule has 0 amide bonds. The third-order valence-electron chi connectivity index (χ3n) is 3.66. The monoisotopic (exact) mass is 378 g/mol. The van der Waals surface area contributed by atoms with Crippen LogP contribution in [0.4, 0.5) is 10.1 Å². The normalized spacial score (nSPS) is 13.6. The van der Waals surface area contributed by atoms with Crippen LogP contribution in [0.3, 0.4) is 0 Å². The van der Waals surface area contributed by atoms with E-state index in [9.17, 15) is 4.39 Å². The molecule has 0 fully saturated rings. The van der Waals surface area contributed by atoms with Crippen LogP contribution in [0.15, 0.2) is 41.4 Å². The number of hydrogen-bond donors (Lipinski definition) is 1. The highest BCUT2D eigenvalue weighted by atomic mass is 35.5. The summed E-state index contributed by atoms with van der Waals surface area (Å²) in [4.78, 5) is 5.06. The minimum Gasteiger partial charge on any atom is -0.488 e. The predicted molar refractivity (Wildman–Crippen MR) is 102 cm³/mol. The lowest BCUT2D eigenvalue weighted by atomic mass is 10.00. The van der Waals surface area contributed by atoms with Crippen molar-refractivity contribution in [3.8, 4) is 5.75 Å². The van der Waals surface area contributed by atoms with Crippen molar-refractivity contribution in [3.05, 3.63) is 58.4 Å². The molecule has 0 saturated heterocycles. The molecule has 0 spiro atoms. The first-order valence-electron chi connectivity index (χ1n) is 7.65. The lowest BCUT2D eigenvalue weighted by Crippen LogP contribution is -2.12. The van der Waals surface area contributed by atoms with Gasteiger partial charge in [0, 0.05) is 29.3 Å². The first kappa shape index (κ1) is 17.8. The van der Waals surface area contributed by atoms with Crippen LogP contribution in [0.2, 0.25) is 5.02 Å². The highest BCUT2D eigenvalue weighted by Gasteiger charge is 2.21.